The molecule has 0 saturated carbocycles. The van der Waals surface area contributed by atoms with E-state index in [0.717, 1.165) is 22.1 Å². The Morgan fingerprint density at radius 3 is 2.67 bits per heavy atom. The van der Waals surface area contributed by atoms with Gasteiger partial charge in [0.05, 0.1) is 0 Å². The summed E-state index contributed by atoms with van der Waals surface area (Å²) in [7, 11) is 0. The number of carbonyl (C=O) groups is 1. The minimum absolute atomic E-state index is 0.0255. The maximum absolute atomic E-state index is 11.9. The van der Waals surface area contributed by atoms with Crippen molar-refractivity contribution < 1.29 is 9.53 Å². The van der Waals surface area contributed by atoms with Gasteiger partial charge in [-0.1, -0.05) is 6.07 Å². The van der Waals surface area contributed by atoms with Crippen molar-refractivity contribution in [3.8, 4) is 5.75 Å². The molecule has 2 aromatic carbocycles. The quantitative estimate of drug-likeness (QED) is 0.803. The van der Waals surface area contributed by atoms with Crippen molar-refractivity contribution >= 4 is 34.2 Å². The Kier molecular flexibility index (Phi) is 4.43. The third-order valence-electron chi connectivity index (χ3n) is 3.57. The van der Waals surface area contributed by atoms with E-state index in [1.807, 2.05) is 30.3 Å². The molecule has 108 valence electrons. The standard InChI is InChI=1S/C17H16INO2/c18-14-5-8-16(9-6-14)21-11-17(20)19-15-7-4-12-2-1-3-13(12)10-15/h4-10H,1-3,11H2,(H,19,20). The highest BCUT2D eigenvalue weighted by Crippen LogP contribution is 2.24. The highest BCUT2D eigenvalue weighted by molar-refractivity contribution is 14.1. The number of carbonyl (C=O) groups excluding carboxylic acids is 1. The number of rotatable bonds is 4. The molecule has 0 atom stereocenters. The fourth-order valence-electron chi connectivity index (χ4n) is 2.53. The van der Waals surface area contributed by atoms with E-state index >= 15 is 0 Å². The average Bonchev–Trinajstić information content (AvgIpc) is 2.94. The highest BCUT2D eigenvalue weighted by Gasteiger charge is 2.12. The molecule has 0 heterocycles. The summed E-state index contributed by atoms with van der Waals surface area (Å²) in [4.78, 5) is 11.9. The van der Waals surface area contributed by atoms with Crippen LogP contribution >= 0.6 is 22.6 Å². The summed E-state index contributed by atoms with van der Waals surface area (Å²) in [6, 6.07) is 13.8. The van der Waals surface area contributed by atoms with Crippen LogP contribution in [0.2, 0.25) is 0 Å². The summed E-state index contributed by atoms with van der Waals surface area (Å²) in [5, 5.41) is 2.89. The zero-order valence-electron chi connectivity index (χ0n) is 11.6. The lowest BCUT2D eigenvalue weighted by Gasteiger charge is -2.09. The first kappa shape index (κ1) is 14.4. The monoisotopic (exact) mass is 393 g/mol. The lowest BCUT2D eigenvalue weighted by atomic mass is 10.1. The Morgan fingerprint density at radius 2 is 1.86 bits per heavy atom. The van der Waals surface area contributed by atoms with Gasteiger partial charge in [-0.3, -0.25) is 4.79 Å². The van der Waals surface area contributed by atoms with Crippen LogP contribution in [0.3, 0.4) is 0 Å². The fraction of sp³-hybridized carbons (Fsp3) is 0.235. The summed E-state index contributed by atoms with van der Waals surface area (Å²) in [6.07, 6.45) is 3.47. The van der Waals surface area contributed by atoms with Gasteiger partial charge in [0.25, 0.3) is 5.91 Å². The number of aryl methyl sites for hydroxylation is 2. The van der Waals surface area contributed by atoms with Crippen LogP contribution < -0.4 is 10.1 Å². The molecule has 0 unspecified atom stereocenters. The summed E-state index contributed by atoms with van der Waals surface area (Å²) in [6.45, 7) is 0.0255. The van der Waals surface area contributed by atoms with Crippen molar-refractivity contribution in [2.45, 2.75) is 19.3 Å². The van der Waals surface area contributed by atoms with Gasteiger partial charge in [-0.15, -0.1) is 0 Å². The summed E-state index contributed by atoms with van der Waals surface area (Å²) in [5.74, 6) is 0.575. The zero-order valence-corrected chi connectivity index (χ0v) is 13.7. The van der Waals surface area contributed by atoms with Gasteiger partial charge in [-0.25, -0.2) is 0 Å². The number of hydrogen-bond donors (Lipinski definition) is 1. The molecule has 0 saturated heterocycles. The van der Waals surface area contributed by atoms with E-state index < -0.39 is 0 Å². The normalized spacial score (nSPS) is 12.8. The number of fused-ring (bicyclic) bond motifs is 1. The van der Waals surface area contributed by atoms with Crippen LogP contribution in [0.25, 0.3) is 0 Å². The minimum atomic E-state index is -0.133. The maximum Gasteiger partial charge on any atom is 0.262 e. The maximum atomic E-state index is 11.9. The summed E-state index contributed by atoms with van der Waals surface area (Å²) in [5.41, 5.74) is 3.61. The van der Waals surface area contributed by atoms with Crippen molar-refractivity contribution in [2.24, 2.45) is 0 Å². The first-order valence-electron chi connectivity index (χ1n) is 7.01. The molecule has 2 aromatic rings. The van der Waals surface area contributed by atoms with Gasteiger partial charge in [0.15, 0.2) is 6.61 Å². The third-order valence-corrected chi connectivity index (χ3v) is 4.28. The van der Waals surface area contributed by atoms with E-state index in [2.05, 4.69) is 40.0 Å². The van der Waals surface area contributed by atoms with Gasteiger partial charge in [-0.2, -0.15) is 0 Å². The largest absolute Gasteiger partial charge is 0.484 e. The number of halogens is 1. The predicted octanol–water partition coefficient (Wildman–Crippen LogP) is 3.80. The molecule has 3 rings (SSSR count). The van der Waals surface area contributed by atoms with E-state index in [1.165, 1.54) is 17.5 Å². The van der Waals surface area contributed by atoms with Crippen LogP contribution in [0, 0.1) is 3.57 Å². The van der Waals surface area contributed by atoms with Gasteiger partial charge < -0.3 is 10.1 Å². The van der Waals surface area contributed by atoms with Crippen LogP contribution in [0.1, 0.15) is 17.5 Å². The lowest BCUT2D eigenvalue weighted by Crippen LogP contribution is -2.20. The van der Waals surface area contributed by atoms with Crippen molar-refractivity contribution in [3.05, 3.63) is 57.2 Å². The van der Waals surface area contributed by atoms with Crippen LogP contribution in [0.15, 0.2) is 42.5 Å². The molecule has 0 bridgehead atoms. The Morgan fingerprint density at radius 1 is 1.10 bits per heavy atom. The number of anilines is 1. The second-order valence-electron chi connectivity index (χ2n) is 5.13. The molecule has 1 N–H and O–H groups in total. The van der Waals surface area contributed by atoms with Crippen molar-refractivity contribution in [2.75, 3.05) is 11.9 Å². The van der Waals surface area contributed by atoms with E-state index in [4.69, 9.17) is 4.74 Å². The van der Waals surface area contributed by atoms with Gasteiger partial charge in [-0.05, 0) is 89.4 Å². The molecule has 0 radical (unpaired) electrons. The molecule has 1 amide bonds. The first-order valence-corrected chi connectivity index (χ1v) is 8.08. The number of amides is 1. The van der Waals surface area contributed by atoms with Gasteiger partial charge in [0.2, 0.25) is 0 Å². The molecular formula is C17H16INO2. The van der Waals surface area contributed by atoms with E-state index in [1.54, 1.807) is 0 Å². The first-order chi connectivity index (χ1) is 10.2. The molecule has 1 aliphatic carbocycles. The Bertz CT molecular complexity index is 652. The van der Waals surface area contributed by atoms with Crippen LogP contribution in [0.5, 0.6) is 5.75 Å². The third kappa shape index (κ3) is 3.75. The number of benzene rings is 2. The van der Waals surface area contributed by atoms with E-state index in [9.17, 15) is 4.79 Å². The van der Waals surface area contributed by atoms with Crippen molar-refractivity contribution in [1.29, 1.82) is 0 Å². The highest BCUT2D eigenvalue weighted by atomic mass is 127. The molecule has 21 heavy (non-hydrogen) atoms. The zero-order chi connectivity index (χ0) is 14.7. The van der Waals surface area contributed by atoms with Crippen LogP contribution in [0.4, 0.5) is 5.69 Å². The van der Waals surface area contributed by atoms with Crippen molar-refractivity contribution in [1.82, 2.24) is 0 Å². The Labute approximate surface area is 137 Å². The van der Waals surface area contributed by atoms with Gasteiger partial charge >= 0.3 is 0 Å². The number of ether oxygens (including phenoxy) is 1. The molecule has 4 heteroatoms. The van der Waals surface area contributed by atoms with Crippen LogP contribution in [-0.2, 0) is 17.6 Å². The predicted molar refractivity (Wildman–Crippen MR) is 91.8 cm³/mol. The molecule has 0 fully saturated rings. The number of hydrogen-bond acceptors (Lipinski definition) is 2. The molecule has 0 spiro atoms. The molecule has 1 aliphatic rings. The number of nitrogens with one attached hydrogen (secondary N) is 1. The second-order valence-corrected chi connectivity index (χ2v) is 6.37. The molecule has 3 nitrogen and oxygen atoms in total. The topological polar surface area (TPSA) is 38.3 Å². The smallest absolute Gasteiger partial charge is 0.262 e. The Balaban J connectivity index is 1.55. The SMILES string of the molecule is O=C(COc1ccc(I)cc1)Nc1ccc2c(c1)CCC2. The average molecular weight is 393 g/mol. The van der Waals surface area contributed by atoms with E-state index in [-0.39, 0.29) is 12.5 Å². The van der Waals surface area contributed by atoms with Crippen molar-refractivity contribution in [3.63, 3.8) is 0 Å². The summed E-state index contributed by atoms with van der Waals surface area (Å²) < 4.78 is 6.61. The van der Waals surface area contributed by atoms with Gasteiger partial charge in [0, 0.05) is 9.26 Å². The van der Waals surface area contributed by atoms with Crippen LogP contribution in [-0.4, -0.2) is 12.5 Å². The van der Waals surface area contributed by atoms with E-state index in [0.29, 0.717) is 5.75 Å². The molecular weight excluding hydrogens is 377 g/mol. The van der Waals surface area contributed by atoms with Gasteiger partial charge in [0.1, 0.15) is 5.75 Å². The molecule has 0 aromatic heterocycles. The molecule has 0 aliphatic heterocycles. The summed E-state index contributed by atoms with van der Waals surface area (Å²) >= 11 is 2.23. The second kappa shape index (κ2) is 6.47. The minimum Gasteiger partial charge on any atom is -0.484 e. The Hall–Kier alpha value is -1.56. The lowest BCUT2D eigenvalue weighted by molar-refractivity contribution is -0.118. The fourth-order valence-corrected chi connectivity index (χ4v) is 2.89.